The van der Waals surface area contributed by atoms with E-state index in [4.69, 9.17) is 35.8 Å². The summed E-state index contributed by atoms with van der Waals surface area (Å²) in [6.07, 6.45) is 0. The Labute approximate surface area is 176 Å². The Hall–Kier alpha value is -3.26. The van der Waals surface area contributed by atoms with Crippen molar-refractivity contribution in [3.05, 3.63) is 54.6 Å². The zero-order chi connectivity index (χ0) is 20.3. The fourth-order valence-electron chi connectivity index (χ4n) is 5.07. The average Bonchev–Trinajstić information content (AvgIpc) is 3.41. The largest absolute Gasteiger partial charge is 0.455 e. The van der Waals surface area contributed by atoms with E-state index in [9.17, 15) is 0 Å². The van der Waals surface area contributed by atoms with Crippen LogP contribution in [-0.2, 0) is 0 Å². The Morgan fingerprint density at radius 1 is 0.600 bits per heavy atom. The molecule has 3 aromatic heterocycles. The molecule has 0 aliphatic heterocycles. The highest BCUT2D eigenvalue weighted by molar-refractivity contribution is 6.67. The highest BCUT2D eigenvalue weighted by Crippen LogP contribution is 2.44. The van der Waals surface area contributed by atoms with E-state index in [2.05, 4.69) is 28.7 Å². The van der Waals surface area contributed by atoms with Crippen LogP contribution in [0, 0.1) is 0 Å². The summed E-state index contributed by atoms with van der Waals surface area (Å²) in [7, 11) is 25.4. The van der Waals surface area contributed by atoms with Gasteiger partial charge in [0.1, 0.15) is 42.6 Å². The molecular weight excluding hydrogens is 362 g/mol. The summed E-state index contributed by atoms with van der Waals surface area (Å²) in [4.78, 5) is 0. The van der Waals surface area contributed by atoms with Gasteiger partial charge in [0.05, 0.1) is 16.4 Å². The summed E-state index contributed by atoms with van der Waals surface area (Å²) < 4.78 is 8.49. The minimum atomic E-state index is 0.319. The van der Waals surface area contributed by atoms with Crippen molar-refractivity contribution in [1.29, 1.82) is 0 Å². The van der Waals surface area contributed by atoms with E-state index in [1.165, 1.54) is 0 Å². The lowest BCUT2D eigenvalue weighted by molar-refractivity contribution is 0.673. The second kappa shape index (κ2) is 5.26. The first-order valence-electron chi connectivity index (χ1n) is 9.72. The molecule has 8 radical (unpaired) electrons. The summed E-state index contributed by atoms with van der Waals surface area (Å²) in [5, 5.41) is 6.06. The maximum atomic E-state index is 6.50. The Morgan fingerprint density at radius 3 is 2.13 bits per heavy atom. The number of hydrogen-bond acceptors (Lipinski definition) is 1. The van der Waals surface area contributed by atoms with Gasteiger partial charge in [-0.05, 0) is 23.6 Å². The van der Waals surface area contributed by atoms with Crippen LogP contribution in [0.25, 0.3) is 60.0 Å². The molecule has 0 fully saturated rings. The molecule has 4 aromatic carbocycles. The Balaban J connectivity index is 1.95. The number of hydrogen-bond donors (Lipinski definition) is 0. The number of rotatable bonds is 0. The van der Waals surface area contributed by atoms with Crippen LogP contribution in [0.5, 0.6) is 0 Å². The predicted octanol–water partition coefficient (Wildman–Crippen LogP) is 1.91. The standard InChI is InChI=1S/C24H9B4NO/c25-18-16-13-9-12-10-5-2-4-8-15(10)30-24(12)17-11-6-1-3-7-14(11)29(22(13)17)23(16)21(28)20(27)19(18)26/h1-9H. The monoisotopic (exact) mass is 371 g/mol. The Bertz CT molecular complexity index is 1840. The second-order valence-electron chi connectivity index (χ2n) is 7.85. The molecule has 0 aliphatic rings. The van der Waals surface area contributed by atoms with Gasteiger partial charge in [0.15, 0.2) is 0 Å². The number of para-hydroxylation sites is 2. The van der Waals surface area contributed by atoms with E-state index in [1.807, 2.05) is 30.3 Å². The lowest BCUT2D eigenvalue weighted by atomic mass is 9.65. The highest BCUT2D eigenvalue weighted by Gasteiger charge is 2.24. The Morgan fingerprint density at radius 2 is 1.30 bits per heavy atom. The molecule has 0 spiro atoms. The first-order valence-corrected chi connectivity index (χ1v) is 9.72. The van der Waals surface area contributed by atoms with Crippen molar-refractivity contribution in [3.63, 3.8) is 0 Å². The van der Waals surface area contributed by atoms with Crippen LogP contribution in [0.3, 0.4) is 0 Å². The number of aromatic nitrogens is 1. The molecule has 2 nitrogen and oxygen atoms in total. The molecular formula is C24H9B4NO. The van der Waals surface area contributed by atoms with Gasteiger partial charge in [0, 0.05) is 27.1 Å². The van der Waals surface area contributed by atoms with Crippen molar-refractivity contribution in [3.8, 4) is 0 Å². The molecule has 0 bridgehead atoms. The summed E-state index contributed by atoms with van der Waals surface area (Å²) in [5.41, 5.74) is 6.08. The van der Waals surface area contributed by atoms with Crippen molar-refractivity contribution in [2.75, 3.05) is 0 Å². The molecule has 0 N–H and O–H groups in total. The molecule has 3 heterocycles. The van der Waals surface area contributed by atoms with Crippen molar-refractivity contribution < 1.29 is 4.42 Å². The van der Waals surface area contributed by atoms with Crippen molar-refractivity contribution in [2.24, 2.45) is 0 Å². The topological polar surface area (TPSA) is 17.6 Å². The van der Waals surface area contributed by atoms with Crippen LogP contribution in [0.4, 0.5) is 0 Å². The minimum Gasteiger partial charge on any atom is -0.455 e. The number of furan rings is 1. The summed E-state index contributed by atoms with van der Waals surface area (Å²) in [6.45, 7) is 0. The van der Waals surface area contributed by atoms with Gasteiger partial charge in [-0.15, -0.1) is 10.9 Å². The van der Waals surface area contributed by atoms with Crippen molar-refractivity contribution in [1.82, 2.24) is 4.40 Å². The number of nitrogens with zero attached hydrogens (tertiary/aromatic N) is 1. The normalized spacial score (nSPS) is 12.5. The molecule has 7 rings (SSSR count). The molecule has 0 aliphatic carbocycles. The van der Waals surface area contributed by atoms with Gasteiger partial charge in [-0.2, -0.15) is 0 Å². The minimum absolute atomic E-state index is 0.319. The number of benzene rings is 4. The fraction of sp³-hybridized carbons (Fsp3) is 0. The van der Waals surface area contributed by atoms with Crippen molar-refractivity contribution >= 4 is 113 Å². The molecule has 0 unspecified atom stereocenters. The summed E-state index contributed by atoms with van der Waals surface area (Å²) in [6, 6.07) is 18.4. The summed E-state index contributed by atoms with van der Waals surface area (Å²) >= 11 is 0. The van der Waals surface area contributed by atoms with Crippen LogP contribution in [0.1, 0.15) is 0 Å². The molecule has 7 aromatic rings. The molecule has 0 atom stereocenters. The zero-order valence-corrected chi connectivity index (χ0v) is 15.9. The van der Waals surface area contributed by atoms with Crippen LogP contribution in [0.2, 0.25) is 0 Å². The van der Waals surface area contributed by atoms with Crippen LogP contribution < -0.4 is 21.9 Å². The zero-order valence-electron chi connectivity index (χ0n) is 15.9. The third kappa shape index (κ3) is 1.69. The van der Waals surface area contributed by atoms with E-state index in [1.54, 1.807) is 0 Å². The van der Waals surface area contributed by atoms with Gasteiger partial charge >= 0.3 is 0 Å². The molecule has 0 amide bonds. The van der Waals surface area contributed by atoms with Gasteiger partial charge < -0.3 is 8.82 Å². The van der Waals surface area contributed by atoms with Crippen LogP contribution >= 0.6 is 0 Å². The van der Waals surface area contributed by atoms with Crippen LogP contribution in [0.15, 0.2) is 59.0 Å². The molecule has 128 valence electrons. The highest BCUT2D eigenvalue weighted by atomic mass is 16.3. The van der Waals surface area contributed by atoms with Gasteiger partial charge in [0.25, 0.3) is 0 Å². The SMILES string of the molecule is [B]c1c([B])c([B])c2c(c1[B])c1cc3c4ccccc4oc3c3c4ccccc4n2c13. The van der Waals surface area contributed by atoms with E-state index in [0.29, 0.717) is 21.9 Å². The Kier molecular flexibility index (Phi) is 2.90. The number of fused-ring (bicyclic) bond motifs is 10. The maximum Gasteiger partial charge on any atom is 0.145 e. The lowest BCUT2D eigenvalue weighted by Crippen LogP contribution is -2.47. The average molecular weight is 371 g/mol. The molecule has 0 saturated carbocycles. The van der Waals surface area contributed by atoms with Gasteiger partial charge in [-0.3, -0.25) is 0 Å². The van der Waals surface area contributed by atoms with E-state index in [-0.39, 0.29) is 0 Å². The fourth-order valence-corrected chi connectivity index (χ4v) is 5.07. The van der Waals surface area contributed by atoms with E-state index in [0.717, 1.165) is 60.0 Å². The third-order valence-corrected chi connectivity index (χ3v) is 6.40. The first-order chi connectivity index (χ1) is 14.6. The van der Waals surface area contributed by atoms with E-state index >= 15 is 0 Å². The van der Waals surface area contributed by atoms with E-state index < -0.39 is 0 Å². The lowest BCUT2D eigenvalue weighted by Gasteiger charge is -2.14. The van der Waals surface area contributed by atoms with Crippen LogP contribution in [-0.4, -0.2) is 35.8 Å². The third-order valence-electron chi connectivity index (χ3n) is 6.40. The van der Waals surface area contributed by atoms with Gasteiger partial charge in [0.2, 0.25) is 0 Å². The molecule has 6 heteroatoms. The second-order valence-corrected chi connectivity index (χ2v) is 7.85. The molecule has 0 saturated heterocycles. The van der Waals surface area contributed by atoms with Gasteiger partial charge in [-0.1, -0.05) is 47.3 Å². The smallest absolute Gasteiger partial charge is 0.145 e. The first kappa shape index (κ1) is 16.5. The summed E-state index contributed by atoms with van der Waals surface area (Å²) in [5.74, 6) is 0. The van der Waals surface area contributed by atoms with Gasteiger partial charge in [-0.25, -0.2) is 0 Å². The maximum absolute atomic E-state index is 6.50. The predicted molar refractivity (Wildman–Crippen MR) is 130 cm³/mol. The van der Waals surface area contributed by atoms with Crippen molar-refractivity contribution in [2.45, 2.75) is 0 Å². The quantitative estimate of drug-likeness (QED) is 0.373. The molecule has 30 heavy (non-hydrogen) atoms.